The van der Waals surface area contributed by atoms with Gasteiger partial charge in [-0.15, -0.1) is 0 Å². The minimum absolute atomic E-state index is 0.101. The fourth-order valence-corrected chi connectivity index (χ4v) is 2.78. The van der Waals surface area contributed by atoms with Crippen LogP contribution in [-0.2, 0) is 10.2 Å². The Bertz CT molecular complexity index is 798. The fourth-order valence-electron chi connectivity index (χ4n) is 2.56. The van der Waals surface area contributed by atoms with Crippen LogP contribution in [0.5, 0.6) is 5.75 Å². The zero-order valence-corrected chi connectivity index (χ0v) is 17.8. The molecular weight excluding hydrogens is 370 g/mol. The van der Waals surface area contributed by atoms with Gasteiger partial charge in [-0.2, -0.15) is 0 Å². The van der Waals surface area contributed by atoms with Crippen LogP contribution in [0.2, 0.25) is 0 Å². The maximum atomic E-state index is 11.1. The van der Waals surface area contributed by atoms with Crippen LogP contribution < -0.4 is 20.7 Å². The monoisotopic (exact) mass is 399 g/mol. The van der Waals surface area contributed by atoms with Crippen LogP contribution in [0, 0.1) is 0 Å². The summed E-state index contributed by atoms with van der Waals surface area (Å²) in [6.07, 6.45) is 0.801. The standard InChI is InChI=1S/C22H29N3O2S/c1-16(26)24-19-7-5-8-20(15-19)27-14-6-13-23-21(28)25-18-11-9-17(10-12-18)22(2,3)4/h5,7-12,15H,6,13-14H2,1-4H3,(H,24,26)(H2,23,25,28). The molecule has 0 aliphatic carbocycles. The predicted octanol–water partition coefficient (Wildman–Crippen LogP) is 4.70. The molecule has 1 amide bonds. The Balaban J connectivity index is 1.68. The molecule has 2 aromatic carbocycles. The third-order valence-electron chi connectivity index (χ3n) is 4.04. The third kappa shape index (κ3) is 7.56. The highest BCUT2D eigenvalue weighted by molar-refractivity contribution is 7.80. The molecule has 0 aromatic heterocycles. The number of hydrogen-bond donors (Lipinski definition) is 3. The van der Waals surface area contributed by atoms with Gasteiger partial charge in [0.25, 0.3) is 0 Å². The molecule has 3 N–H and O–H groups in total. The first-order valence-electron chi connectivity index (χ1n) is 9.40. The quantitative estimate of drug-likeness (QED) is 0.465. The molecule has 0 aliphatic heterocycles. The normalized spacial score (nSPS) is 10.9. The Morgan fingerprint density at radius 2 is 1.75 bits per heavy atom. The van der Waals surface area contributed by atoms with Gasteiger partial charge in [0.1, 0.15) is 5.75 Å². The van der Waals surface area contributed by atoms with E-state index in [2.05, 4.69) is 48.9 Å². The Kier molecular flexibility index (Phi) is 7.81. The molecule has 2 aromatic rings. The van der Waals surface area contributed by atoms with Gasteiger partial charge < -0.3 is 20.7 Å². The molecule has 0 unspecified atom stereocenters. The van der Waals surface area contributed by atoms with E-state index in [0.29, 0.717) is 18.3 Å². The molecule has 6 heteroatoms. The number of carbonyl (C=O) groups excluding carboxylic acids is 1. The number of ether oxygens (including phenoxy) is 1. The highest BCUT2D eigenvalue weighted by atomic mass is 32.1. The second kappa shape index (κ2) is 10.1. The highest BCUT2D eigenvalue weighted by Gasteiger charge is 2.12. The van der Waals surface area contributed by atoms with E-state index in [-0.39, 0.29) is 11.3 Å². The summed E-state index contributed by atoms with van der Waals surface area (Å²) in [6.45, 7) is 9.32. The summed E-state index contributed by atoms with van der Waals surface area (Å²) in [6, 6.07) is 15.7. The van der Waals surface area contributed by atoms with Crippen LogP contribution >= 0.6 is 12.2 Å². The van der Waals surface area contributed by atoms with E-state index in [0.717, 1.165) is 23.5 Å². The first kappa shape index (κ1) is 21.7. The van der Waals surface area contributed by atoms with Crippen LogP contribution in [-0.4, -0.2) is 24.2 Å². The molecule has 0 aliphatic rings. The molecule has 0 spiro atoms. The number of amides is 1. The van der Waals surface area contributed by atoms with E-state index in [1.807, 2.05) is 36.4 Å². The van der Waals surface area contributed by atoms with Crippen molar-refractivity contribution < 1.29 is 9.53 Å². The van der Waals surface area contributed by atoms with Crippen molar-refractivity contribution in [2.75, 3.05) is 23.8 Å². The van der Waals surface area contributed by atoms with Gasteiger partial charge in [-0.3, -0.25) is 4.79 Å². The summed E-state index contributed by atoms with van der Waals surface area (Å²) in [7, 11) is 0. The lowest BCUT2D eigenvalue weighted by molar-refractivity contribution is -0.114. The molecule has 0 saturated carbocycles. The van der Waals surface area contributed by atoms with Crippen molar-refractivity contribution in [2.45, 2.75) is 39.5 Å². The summed E-state index contributed by atoms with van der Waals surface area (Å²) in [5.41, 5.74) is 3.12. The summed E-state index contributed by atoms with van der Waals surface area (Å²) >= 11 is 5.34. The topological polar surface area (TPSA) is 62.4 Å². The van der Waals surface area contributed by atoms with E-state index in [9.17, 15) is 4.79 Å². The van der Waals surface area contributed by atoms with Crippen molar-refractivity contribution in [3.8, 4) is 5.75 Å². The van der Waals surface area contributed by atoms with E-state index in [4.69, 9.17) is 17.0 Å². The SMILES string of the molecule is CC(=O)Nc1cccc(OCCCNC(=S)Nc2ccc(C(C)(C)C)cc2)c1. The molecule has 2 rings (SSSR count). The summed E-state index contributed by atoms with van der Waals surface area (Å²) in [4.78, 5) is 11.1. The van der Waals surface area contributed by atoms with Gasteiger partial charge in [0, 0.05) is 30.9 Å². The van der Waals surface area contributed by atoms with Crippen LogP contribution in [0.4, 0.5) is 11.4 Å². The van der Waals surface area contributed by atoms with Crippen molar-refractivity contribution in [2.24, 2.45) is 0 Å². The zero-order chi connectivity index (χ0) is 20.6. The van der Waals surface area contributed by atoms with Crippen molar-refractivity contribution in [3.05, 3.63) is 54.1 Å². The molecular formula is C22H29N3O2S. The molecule has 0 fully saturated rings. The van der Waals surface area contributed by atoms with Gasteiger partial charge >= 0.3 is 0 Å². The largest absolute Gasteiger partial charge is 0.493 e. The van der Waals surface area contributed by atoms with Gasteiger partial charge in [0.15, 0.2) is 5.11 Å². The van der Waals surface area contributed by atoms with Crippen molar-refractivity contribution >= 4 is 34.6 Å². The van der Waals surface area contributed by atoms with E-state index >= 15 is 0 Å². The van der Waals surface area contributed by atoms with Crippen molar-refractivity contribution in [1.82, 2.24) is 5.32 Å². The lowest BCUT2D eigenvalue weighted by Crippen LogP contribution is -2.30. The van der Waals surface area contributed by atoms with Gasteiger partial charge in [-0.1, -0.05) is 39.0 Å². The second-order valence-corrected chi connectivity index (χ2v) is 8.03. The van der Waals surface area contributed by atoms with E-state index in [1.54, 1.807) is 0 Å². The van der Waals surface area contributed by atoms with Crippen LogP contribution in [0.15, 0.2) is 48.5 Å². The zero-order valence-electron chi connectivity index (χ0n) is 17.0. The van der Waals surface area contributed by atoms with E-state index < -0.39 is 0 Å². The summed E-state index contributed by atoms with van der Waals surface area (Å²) < 4.78 is 5.72. The Morgan fingerprint density at radius 3 is 2.39 bits per heavy atom. The highest BCUT2D eigenvalue weighted by Crippen LogP contribution is 2.23. The molecule has 0 atom stereocenters. The average Bonchev–Trinajstić information content (AvgIpc) is 2.61. The van der Waals surface area contributed by atoms with Crippen molar-refractivity contribution in [1.29, 1.82) is 0 Å². The number of thiocarbonyl (C=S) groups is 1. The van der Waals surface area contributed by atoms with Crippen molar-refractivity contribution in [3.63, 3.8) is 0 Å². The number of anilines is 2. The van der Waals surface area contributed by atoms with Gasteiger partial charge in [-0.05, 0) is 53.9 Å². The molecule has 28 heavy (non-hydrogen) atoms. The molecule has 150 valence electrons. The number of rotatable bonds is 7. The molecule has 0 radical (unpaired) electrons. The number of benzene rings is 2. The lowest BCUT2D eigenvalue weighted by Gasteiger charge is -2.19. The lowest BCUT2D eigenvalue weighted by atomic mass is 9.87. The Hall–Kier alpha value is -2.60. The number of carbonyl (C=O) groups is 1. The molecule has 0 saturated heterocycles. The predicted molar refractivity (Wildman–Crippen MR) is 120 cm³/mol. The fraction of sp³-hybridized carbons (Fsp3) is 0.364. The Labute approximate surface area is 172 Å². The summed E-state index contributed by atoms with van der Waals surface area (Å²) in [5.74, 6) is 0.626. The van der Waals surface area contributed by atoms with Crippen LogP contribution in [0.1, 0.15) is 39.7 Å². The first-order chi connectivity index (χ1) is 13.2. The second-order valence-electron chi connectivity index (χ2n) is 7.62. The van der Waals surface area contributed by atoms with Crippen LogP contribution in [0.25, 0.3) is 0 Å². The van der Waals surface area contributed by atoms with E-state index in [1.165, 1.54) is 12.5 Å². The molecule has 5 nitrogen and oxygen atoms in total. The molecule has 0 bridgehead atoms. The first-order valence-corrected chi connectivity index (χ1v) is 9.81. The minimum atomic E-state index is -0.101. The number of hydrogen-bond acceptors (Lipinski definition) is 3. The maximum Gasteiger partial charge on any atom is 0.221 e. The van der Waals surface area contributed by atoms with Crippen LogP contribution in [0.3, 0.4) is 0 Å². The maximum absolute atomic E-state index is 11.1. The van der Waals surface area contributed by atoms with Gasteiger partial charge in [-0.25, -0.2) is 0 Å². The third-order valence-corrected chi connectivity index (χ3v) is 4.28. The Morgan fingerprint density at radius 1 is 1.04 bits per heavy atom. The smallest absolute Gasteiger partial charge is 0.221 e. The van der Waals surface area contributed by atoms with Gasteiger partial charge in [0.05, 0.1) is 6.61 Å². The minimum Gasteiger partial charge on any atom is -0.493 e. The summed E-state index contributed by atoms with van der Waals surface area (Å²) in [5, 5.41) is 9.71. The number of nitrogens with one attached hydrogen (secondary N) is 3. The average molecular weight is 400 g/mol. The van der Waals surface area contributed by atoms with Gasteiger partial charge in [0.2, 0.25) is 5.91 Å². The molecule has 0 heterocycles.